The number of pyridine rings is 1. The maximum Gasteiger partial charge on any atom is 0.251 e. The van der Waals surface area contributed by atoms with Gasteiger partial charge in [-0.1, -0.05) is 18.2 Å². The first-order valence-electron chi connectivity index (χ1n) is 8.12. The van der Waals surface area contributed by atoms with Gasteiger partial charge in [-0.25, -0.2) is 8.42 Å². The van der Waals surface area contributed by atoms with E-state index in [1.54, 1.807) is 60.1 Å². The van der Waals surface area contributed by atoms with Gasteiger partial charge in [0.1, 0.15) is 15.2 Å². The molecule has 0 radical (unpaired) electrons. The molecule has 140 valence electrons. The lowest BCUT2D eigenvalue weighted by Crippen LogP contribution is -2.31. The molecule has 27 heavy (non-hydrogen) atoms. The standard InChI is InChI=1S/C19H18N2O4S2/c1-25-16-7-2-5-14(11-16)19(22)21-13-17(15-6-3-9-20-12-15)27(23,24)18-8-4-10-26-18/h2-12,17H,13H2,1H3,(H,21,22)/t17-/m1/s1. The zero-order chi connectivity index (χ0) is 19.3. The fraction of sp³-hybridized carbons (Fsp3) is 0.158. The van der Waals surface area contributed by atoms with Gasteiger partial charge in [-0.2, -0.15) is 0 Å². The van der Waals surface area contributed by atoms with Crippen LogP contribution in [0.15, 0.2) is 70.5 Å². The summed E-state index contributed by atoms with van der Waals surface area (Å²) in [7, 11) is -2.15. The Morgan fingerprint density at radius 1 is 1.22 bits per heavy atom. The quantitative estimate of drug-likeness (QED) is 0.656. The highest BCUT2D eigenvalue weighted by molar-refractivity contribution is 7.93. The third-order valence-corrected chi connectivity index (χ3v) is 7.52. The highest BCUT2D eigenvalue weighted by Gasteiger charge is 2.30. The van der Waals surface area contributed by atoms with E-state index in [1.165, 1.54) is 13.3 Å². The van der Waals surface area contributed by atoms with E-state index in [4.69, 9.17) is 4.74 Å². The fourth-order valence-electron chi connectivity index (χ4n) is 2.59. The summed E-state index contributed by atoms with van der Waals surface area (Å²) in [5.74, 6) is 0.182. The second kappa shape index (κ2) is 8.32. The van der Waals surface area contributed by atoms with Crippen molar-refractivity contribution >= 4 is 27.1 Å². The van der Waals surface area contributed by atoms with E-state index in [2.05, 4.69) is 10.3 Å². The number of rotatable bonds is 7. The topological polar surface area (TPSA) is 85.4 Å². The molecule has 0 aliphatic carbocycles. The van der Waals surface area contributed by atoms with Crippen LogP contribution in [0.4, 0.5) is 0 Å². The lowest BCUT2D eigenvalue weighted by molar-refractivity contribution is 0.0953. The summed E-state index contributed by atoms with van der Waals surface area (Å²) >= 11 is 1.15. The minimum Gasteiger partial charge on any atom is -0.497 e. The Hall–Kier alpha value is -2.71. The number of thiophene rings is 1. The number of hydrogen-bond donors (Lipinski definition) is 1. The summed E-state index contributed by atoms with van der Waals surface area (Å²) in [5, 5.41) is 3.50. The minimum absolute atomic E-state index is 0.0675. The van der Waals surface area contributed by atoms with E-state index < -0.39 is 15.1 Å². The molecule has 0 saturated carbocycles. The molecule has 6 nitrogen and oxygen atoms in total. The first-order chi connectivity index (χ1) is 13.0. The van der Waals surface area contributed by atoms with Crippen molar-refractivity contribution in [3.63, 3.8) is 0 Å². The number of nitrogens with zero attached hydrogens (tertiary/aromatic N) is 1. The van der Waals surface area contributed by atoms with Crippen molar-refractivity contribution in [3.05, 3.63) is 77.4 Å². The number of sulfone groups is 1. The Balaban J connectivity index is 1.85. The molecule has 0 aliphatic rings. The SMILES string of the molecule is COc1cccc(C(=O)NC[C@H](c2cccnc2)S(=O)(=O)c2cccs2)c1. The summed E-state index contributed by atoms with van der Waals surface area (Å²) < 4.78 is 31.5. The van der Waals surface area contributed by atoms with E-state index >= 15 is 0 Å². The second-order valence-corrected chi connectivity index (χ2v) is 9.00. The molecule has 1 atom stereocenters. The Bertz CT molecular complexity index is 1000. The van der Waals surface area contributed by atoms with Crippen LogP contribution in [0.2, 0.25) is 0 Å². The fourth-order valence-corrected chi connectivity index (χ4v) is 5.44. The van der Waals surface area contributed by atoms with Crippen molar-refractivity contribution in [1.82, 2.24) is 10.3 Å². The first-order valence-corrected chi connectivity index (χ1v) is 10.5. The molecule has 0 spiro atoms. The van der Waals surface area contributed by atoms with Crippen LogP contribution in [0.3, 0.4) is 0 Å². The van der Waals surface area contributed by atoms with Crippen molar-refractivity contribution in [2.24, 2.45) is 0 Å². The molecule has 1 aromatic carbocycles. The monoisotopic (exact) mass is 402 g/mol. The molecule has 3 aromatic rings. The van der Waals surface area contributed by atoms with Gasteiger partial charge >= 0.3 is 0 Å². The van der Waals surface area contributed by atoms with Crippen LogP contribution in [-0.4, -0.2) is 33.0 Å². The van der Waals surface area contributed by atoms with Gasteiger partial charge in [0.05, 0.1) is 7.11 Å². The van der Waals surface area contributed by atoms with E-state index in [0.29, 0.717) is 16.9 Å². The van der Waals surface area contributed by atoms with Gasteiger partial charge in [-0.3, -0.25) is 9.78 Å². The Labute approximate surface area is 161 Å². The average molecular weight is 402 g/mol. The smallest absolute Gasteiger partial charge is 0.251 e. The predicted octanol–water partition coefficient (Wildman–Crippen LogP) is 3.10. The number of amides is 1. The largest absolute Gasteiger partial charge is 0.497 e. The Kier molecular flexibility index (Phi) is 5.88. The molecule has 0 fully saturated rings. The van der Waals surface area contributed by atoms with E-state index in [-0.39, 0.29) is 16.7 Å². The van der Waals surface area contributed by atoms with Gasteiger partial charge in [-0.15, -0.1) is 11.3 Å². The molecule has 2 aromatic heterocycles. The lowest BCUT2D eigenvalue weighted by Gasteiger charge is -2.18. The van der Waals surface area contributed by atoms with Crippen LogP contribution in [-0.2, 0) is 9.84 Å². The lowest BCUT2D eigenvalue weighted by atomic mass is 10.2. The molecule has 2 heterocycles. The molecule has 3 rings (SSSR count). The third kappa shape index (κ3) is 4.35. The number of hydrogen-bond acceptors (Lipinski definition) is 6. The highest BCUT2D eigenvalue weighted by atomic mass is 32.2. The maximum atomic E-state index is 13.1. The van der Waals surface area contributed by atoms with Crippen molar-refractivity contribution in [3.8, 4) is 5.75 Å². The van der Waals surface area contributed by atoms with Crippen molar-refractivity contribution in [2.45, 2.75) is 9.46 Å². The number of nitrogens with one attached hydrogen (secondary N) is 1. The van der Waals surface area contributed by atoms with E-state index in [1.807, 2.05) is 0 Å². The molecular weight excluding hydrogens is 384 g/mol. The number of carbonyl (C=O) groups excluding carboxylic acids is 1. The molecule has 0 unspecified atom stereocenters. The van der Waals surface area contributed by atoms with E-state index in [0.717, 1.165) is 11.3 Å². The molecule has 0 aliphatic heterocycles. The maximum absolute atomic E-state index is 13.1. The Morgan fingerprint density at radius 2 is 2.07 bits per heavy atom. The number of ether oxygens (including phenoxy) is 1. The van der Waals surface area contributed by atoms with Gasteiger partial charge in [0, 0.05) is 24.5 Å². The zero-order valence-corrected chi connectivity index (χ0v) is 16.2. The number of carbonyl (C=O) groups is 1. The summed E-state index contributed by atoms with van der Waals surface area (Å²) in [5.41, 5.74) is 0.921. The summed E-state index contributed by atoms with van der Waals surface area (Å²) in [6.45, 7) is -0.0675. The van der Waals surface area contributed by atoms with Crippen LogP contribution < -0.4 is 10.1 Å². The van der Waals surface area contributed by atoms with Gasteiger partial charge in [0.15, 0.2) is 9.84 Å². The van der Waals surface area contributed by atoms with Crippen LogP contribution in [0.25, 0.3) is 0 Å². The zero-order valence-electron chi connectivity index (χ0n) is 14.5. The number of aromatic nitrogens is 1. The molecule has 8 heteroatoms. The van der Waals surface area contributed by atoms with Gasteiger partial charge < -0.3 is 10.1 Å². The molecule has 1 amide bonds. The highest BCUT2D eigenvalue weighted by Crippen LogP contribution is 2.30. The van der Waals surface area contributed by atoms with Crippen LogP contribution in [0.5, 0.6) is 5.75 Å². The number of methoxy groups -OCH3 is 1. The second-order valence-electron chi connectivity index (χ2n) is 5.69. The van der Waals surface area contributed by atoms with Gasteiger partial charge in [-0.05, 0) is 41.3 Å². The van der Waals surface area contributed by atoms with Crippen LogP contribution >= 0.6 is 11.3 Å². The molecular formula is C19H18N2O4S2. The third-order valence-electron chi connectivity index (χ3n) is 3.99. The molecule has 0 saturated heterocycles. The number of benzene rings is 1. The van der Waals surface area contributed by atoms with Crippen LogP contribution in [0, 0.1) is 0 Å². The summed E-state index contributed by atoms with van der Waals surface area (Å²) in [4.78, 5) is 16.5. The normalized spacial score (nSPS) is 12.3. The first kappa shape index (κ1) is 19.1. The minimum atomic E-state index is -3.66. The van der Waals surface area contributed by atoms with E-state index in [9.17, 15) is 13.2 Å². The predicted molar refractivity (Wildman–Crippen MR) is 104 cm³/mol. The van der Waals surface area contributed by atoms with Crippen LogP contribution in [0.1, 0.15) is 21.2 Å². The average Bonchev–Trinajstić information content (AvgIpc) is 3.24. The summed E-state index contributed by atoms with van der Waals surface area (Å²) in [6, 6.07) is 13.3. The van der Waals surface area contributed by atoms with Gasteiger partial charge in [0.25, 0.3) is 5.91 Å². The molecule has 1 N–H and O–H groups in total. The van der Waals surface area contributed by atoms with Gasteiger partial charge in [0.2, 0.25) is 0 Å². The Morgan fingerprint density at radius 3 is 2.74 bits per heavy atom. The molecule has 0 bridgehead atoms. The van der Waals surface area contributed by atoms with Crippen molar-refractivity contribution in [2.75, 3.05) is 13.7 Å². The summed E-state index contributed by atoms with van der Waals surface area (Å²) in [6.07, 6.45) is 3.08. The van der Waals surface area contributed by atoms with Crippen molar-refractivity contribution < 1.29 is 17.9 Å². The van der Waals surface area contributed by atoms with Crippen molar-refractivity contribution in [1.29, 1.82) is 0 Å².